The van der Waals surface area contributed by atoms with Gasteiger partial charge in [-0.3, -0.25) is 5.10 Å². The first-order valence-corrected chi connectivity index (χ1v) is 7.53. The highest BCUT2D eigenvalue weighted by molar-refractivity contribution is 7.16. The third-order valence-electron chi connectivity index (χ3n) is 3.66. The number of nitrogens with zero attached hydrogens (tertiary/aromatic N) is 4. The number of aromatic amines is 1. The molecule has 3 aromatic rings. The lowest BCUT2D eigenvalue weighted by molar-refractivity contribution is 0.503. The van der Waals surface area contributed by atoms with Gasteiger partial charge >= 0.3 is 0 Å². The van der Waals surface area contributed by atoms with Crippen LogP contribution in [0, 0.1) is 0 Å². The average molecular weight is 298 g/mol. The van der Waals surface area contributed by atoms with Gasteiger partial charge in [-0.2, -0.15) is 5.10 Å². The lowest BCUT2D eigenvalue weighted by atomic mass is 9.78. The monoisotopic (exact) mass is 298 g/mol. The van der Waals surface area contributed by atoms with Gasteiger partial charge in [0.15, 0.2) is 5.13 Å². The fraction of sp³-hybridized carbons (Fsp3) is 0.286. The SMILES string of the molecule is CC1(C)Cc2sc(Nc3ncccn3)nc2-c2cn[nH]c21. The summed E-state index contributed by atoms with van der Waals surface area (Å²) in [5.74, 6) is 0.565. The predicted molar refractivity (Wildman–Crippen MR) is 81.7 cm³/mol. The van der Waals surface area contributed by atoms with E-state index in [0.29, 0.717) is 5.95 Å². The molecule has 1 aliphatic rings. The molecule has 1 aliphatic carbocycles. The van der Waals surface area contributed by atoms with Crippen molar-refractivity contribution in [3.63, 3.8) is 0 Å². The molecule has 7 heteroatoms. The molecule has 0 spiro atoms. The molecule has 0 saturated carbocycles. The van der Waals surface area contributed by atoms with E-state index in [2.05, 4.69) is 39.3 Å². The number of anilines is 2. The molecule has 0 atom stereocenters. The topological polar surface area (TPSA) is 79.4 Å². The van der Waals surface area contributed by atoms with E-state index < -0.39 is 0 Å². The van der Waals surface area contributed by atoms with Gasteiger partial charge in [0.2, 0.25) is 5.95 Å². The quantitative estimate of drug-likeness (QED) is 0.760. The number of nitrogens with one attached hydrogen (secondary N) is 2. The molecule has 0 aromatic carbocycles. The van der Waals surface area contributed by atoms with Crippen molar-refractivity contribution in [2.24, 2.45) is 0 Å². The van der Waals surface area contributed by atoms with Gasteiger partial charge in [-0.15, -0.1) is 11.3 Å². The summed E-state index contributed by atoms with van der Waals surface area (Å²) in [5.41, 5.74) is 3.31. The largest absolute Gasteiger partial charge is 0.300 e. The van der Waals surface area contributed by atoms with Gasteiger partial charge in [0.25, 0.3) is 0 Å². The second-order valence-electron chi connectivity index (χ2n) is 5.71. The lowest BCUT2D eigenvalue weighted by Gasteiger charge is -2.27. The van der Waals surface area contributed by atoms with Gasteiger partial charge in [-0.05, 0) is 12.5 Å². The summed E-state index contributed by atoms with van der Waals surface area (Å²) >= 11 is 1.66. The molecule has 0 radical (unpaired) electrons. The number of fused-ring (bicyclic) bond motifs is 3. The van der Waals surface area contributed by atoms with Crippen molar-refractivity contribution in [1.29, 1.82) is 0 Å². The Kier molecular flexibility index (Phi) is 2.58. The first-order valence-electron chi connectivity index (χ1n) is 6.71. The summed E-state index contributed by atoms with van der Waals surface area (Å²) in [6, 6.07) is 1.79. The van der Waals surface area contributed by atoms with Crippen LogP contribution in [-0.2, 0) is 11.8 Å². The molecule has 3 heterocycles. The highest BCUT2D eigenvalue weighted by Gasteiger charge is 2.35. The van der Waals surface area contributed by atoms with E-state index in [0.717, 1.165) is 28.5 Å². The minimum atomic E-state index is 0.0475. The molecule has 0 aliphatic heterocycles. The fourth-order valence-electron chi connectivity index (χ4n) is 2.67. The van der Waals surface area contributed by atoms with Gasteiger partial charge in [0.05, 0.1) is 17.6 Å². The minimum absolute atomic E-state index is 0.0475. The van der Waals surface area contributed by atoms with E-state index >= 15 is 0 Å². The van der Waals surface area contributed by atoms with Crippen molar-refractivity contribution in [3.05, 3.63) is 35.2 Å². The second-order valence-corrected chi connectivity index (χ2v) is 6.79. The van der Waals surface area contributed by atoms with Crippen molar-refractivity contribution in [2.75, 3.05) is 5.32 Å². The number of rotatable bonds is 2. The van der Waals surface area contributed by atoms with Crippen LogP contribution in [0.4, 0.5) is 11.1 Å². The standard InChI is InChI=1S/C14H14N6S/c1-14(2)6-9-10(8-7-17-20-11(8)14)18-13(21-9)19-12-15-4-3-5-16-12/h3-5,7H,6H2,1-2H3,(H,17,20)(H,15,16,18,19). The van der Waals surface area contributed by atoms with Crippen molar-refractivity contribution >= 4 is 22.4 Å². The Morgan fingerprint density at radius 1 is 1.29 bits per heavy atom. The maximum Gasteiger partial charge on any atom is 0.228 e. The van der Waals surface area contributed by atoms with E-state index in [9.17, 15) is 0 Å². The highest BCUT2D eigenvalue weighted by atomic mass is 32.1. The fourth-order valence-corrected chi connectivity index (χ4v) is 3.86. The van der Waals surface area contributed by atoms with E-state index in [1.54, 1.807) is 29.8 Å². The van der Waals surface area contributed by atoms with Crippen LogP contribution in [-0.4, -0.2) is 25.1 Å². The molecule has 0 fully saturated rings. The van der Waals surface area contributed by atoms with E-state index in [1.807, 2.05) is 6.20 Å². The number of hydrogen-bond acceptors (Lipinski definition) is 6. The third kappa shape index (κ3) is 2.01. The Bertz CT molecular complexity index is 789. The van der Waals surface area contributed by atoms with Crippen molar-refractivity contribution in [2.45, 2.75) is 25.7 Å². The van der Waals surface area contributed by atoms with Gasteiger partial charge in [0, 0.05) is 28.2 Å². The van der Waals surface area contributed by atoms with Crippen LogP contribution in [0.15, 0.2) is 24.7 Å². The summed E-state index contributed by atoms with van der Waals surface area (Å²) in [4.78, 5) is 14.3. The van der Waals surface area contributed by atoms with Gasteiger partial charge in [-0.25, -0.2) is 15.0 Å². The zero-order valence-corrected chi connectivity index (χ0v) is 12.5. The summed E-state index contributed by atoms with van der Waals surface area (Å²) < 4.78 is 0. The molecule has 21 heavy (non-hydrogen) atoms. The third-order valence-corrected chi connectivity index (χ3v) is 4.63. The number of hydrogen-bond donors (Lipinski definition) is 2. The molecular weight excluding hydrogens is 284 g/mol. The normalized spacial score (nSPS) is 15.3. The van der Waals surface area contributed by atoms with E-state index in [4.69, 9.17) is 4.98 Å². The molecule has 2 N–H and O–H groups in total. The Balaban J connectivity index is 1.75. The Labute approximate surface area is 125 Å². The van der Waals surface area contributed by atoms with Crippen LogP contribution >= 0.6 is 11.3 Å². The molecule has 0 saturated heterocycles. The molecule has 106 valence electrons. The summed E-state index contributed by atoms with van der Waals surface area (Å²) in [7, 11) is 0. The predicted octanol–water partition coefficient (Wildman–Crippen LogP) is 2.90. The lowest BCUT2D eigenvalue weighted by Crippen LogP contribution is -2.24. The van der Waals surface area contributed by atoms with Crippen molar-refractivity contribution < 1.29 is 0 Å². The van der Waals surface area contributed by atoms with Crippen LogP contribution in [0.1, 0.15) is 24.4 Å². The van der Waals surface area contributed by atoms with Gasteiger partial charge < -0.3 is 5.32 Å². The van der Waals surface area contributed by atoms with E-state index in [1.165, 1.54) is 4.88 Å². The van der Waals surface area contributed by atoms with Crippen LogP contribution in [0.5, 0.6) is 0 Å². The highest BCUT2D eigenvalue weighted by Crippen LogP contribution is 2.44. The molecule has 0 unspecified atom stereocenters. The number of aromatic nitrogens is 5. The van der Waals surface area contributed by atoms with Crippen LogP contribution < -0.4 is 5.32 Å². The zero-order chi connectivity index (χ0) is 14.4. The first kappa shape index (κ1) is 12.5. The second kappa shape index (κ2) is 4.36. The van der Waals surface area contributed by atoms with E-state index in [-0.39, 0.29) is 5.41 Å². The molecule has 0 bridgehead atoms. The maximum atomic E-state index is 4.69. The average Bonchev–Trinajstić information content (AvgIpc) is 3.06. The minimum Gasteiger partial charge on any atom is -0.300 e. The number of H-pyrrole nitrogens is 1. The summed E-state index contributed by atoms with van der Waals surface area (Å²) in [5, 5.41) is 11.3. The number of thiazole rings is 1. The molecule has 0 amide bonds. The van der Waals surface area contributed by atoms with Crippen molar-refractivity contribution in [3.8, 4) is 11.3 Å². The van der Waals surface area contributed by atoms with Crippen LogP contribution in [0.3, 0.4) is 0 Å². The molecule has 4 rings (SSSR count). The summed E-state index contributed by atoms with van der Waals surface area (Å²) in [6.45, 7) is 4.44. The van der Waals surface area contributed by atoms with Crippen molar-refractivity contribution in [1.82, 2.24) is 25.1 Å². The first-order chi connectivity index (χ1) is 10.1. The smallest absolute Gasteiger partial charge is 0.228 e. The Hall–Kier alpha value is -2.28. The molecular formula is C14H14N6S. The summed E-state index contributed by atoms with van der Waals surface area (Å²) in [6.07, 6.45) is 6.23. The zero-order valence-electron chi connectivity index (χ0n) is 11.7. The molecule has 6 nitrogen and oxygen atoms in total. The Morgan fingerprint density at radius 3 is 2.90 bits per heavy atom. The molecule has 3 aromatic heterocycles. The Morgan fingerprint density at radius 2 is 2.10 bits per heavy atom. The maximum absolute atomic E-state index is 4.69. The van der Waals surface area contributed by atoms with Crippen LogP contribution in [0.25, 0.3) is 11.3 Å². The van der Waals surface area contributed by atoms with Gasteiger partial charge in [0.1, 0.15) is 0 Å². The van der Waals surface area contributed by atoms with Gasteiger partial charge in [-0.1, -0.05) is 13.8 Å². The van der Waals surface area contributed by atoms with Crippen LogP contribution in [0.2, 0.25) is 0 Å².